The topological polar surface area (TPSA) is 73.7 Å². The Morgan fingerprint density at radius 1 is 1.18 bits per heavy atom. The summed E-state index contributed by atoms with van der Waals surface area (Å²) >= 11 is 0. The van der Waals surface area contributed by atoms with Gasteiger partial charge in [0.05, 0.1) is 11.8 Å². The predicted molar refractivity (Wildman–Crippen MR) is 126 cm³/mol. The summed E-state index contributed by atoms with van der Waals surface area (Å²) in [5.41, 5.74) is 5.39. The number of aryl methyl sites for hydroxylation is 1. The van der Waals surface area contributed by atoms with E-state index in [1.807, 2.05) is 42.5 Å². The molecule has 1 aromatic heterocycles. The Morgan fingerprint density at radius 2 is 2.03 bits per heavy atom. The number of carbonyl (C=O) groups is 1. The van der Waals surface area contributed by atoms with Crippen LogP contribution >= 0.6 is 0 Å². The van der Waals surface area contributed by atoms with Crippen molar-refractivity contribution in [2.75, 3.05) is 27.3 Å². The van der Waals surface area contributed by atoms with Crippen LogP contribution in [-0.2, 0) is 17.7 Å². The fourth-order valence-electron chi connectivity index (χ4n) is 4.50. The molecule has 3 heterocycles. The zero-order chi connectivity index (χ0) is 22.9. The molecule has 0 bridgehead atoms. The van der Waals surface area contributed by atoms with Gasteiger partial charge >= 0.3 is 5.69 Å². The number of nitrogens with zero attached hydrogens (tertiary/aromatic N) is 3. The third-order valence-corrected chi connectivity index (χ3v) is 6.26. The number of carbonyl (C=O) groups excluding carboxylic acids is 1. The van der Waals surface area contributed by atoms with Crippen LogP contribution in [0.25, 0.3) is 22.4 Å². The molecule has 2 aliphatic rings. The normalized spacial score (nSPS) is 16.7. The quantitative estimate of drug-likeness (QED) is 0.602. The second-order valence-electron chi connectivity index (χ2n) is 8.76. The van der Waals surface area contributed by atoms with Crippen LogP contribution in [0.15, 0.2) is 53.3 Å². The monoisotopic (exact) mass is 445 g/mol. The SMILES string of the molecule is CN(C)C(=O)c1cccc(-c2ccc3c(c2)CCn2c-3cc(OCC3CCCO3)nc2=O)c1. The van der Waals surface area contributed by atoms with E-state index in [9.17, 15) is 9.59 Å². The number of ether oxygens (including phenoxy) is 2. The Morgan fingerprint density at radius 3 is 2.82 bits per heavy atom. The van der Waals surface area contributed by atoms with Crippen LogP contribution in [0, 0.1) is 0 Å². The molecule has 7 nitrogen and oxygen atoms in total. The Kier molecular flexibility index (Phi) is 5.72. The van der Waals surface area contributed by atoms with Gasteiger partial charge in [0.1, 0.15) is 6.61 Å². The average Bonchev–Trinajstić information content (AvgIpc) is 3.35. The van der Waals surface area contributed by atoms with E-state index in [1.165, 1.54) is 0 Å². The van der Waals surface area contributed by atoms with Crippen molar-refractivity contribution >= 4 is 5.91 Å². The lowest BCUT2D eigenvalue weighted by atomic mass is 9.93. The molecule has 1 fully saturated rings. The van der Waals surface area contributed by atoms with Crippen LogP contribution in [-0.4, -0.2) is 53.8 Å². The number of hydrogen-bond acceptors (Lipinski definition) is 5. The molecule has 7 heteroatoms. The summed E-state index contributed by atoms with van der Waals surface area (Å²) in [7, 11) is 3.50. The second kappa shape index (κ2) is 8.83. The standard InChI is InChI=1S/C26H27N3O4/c1-28(2)25(30)20-6-3-5-17(14-20)18-8-9-22-19(13-18)10-11-29-23(22)15-24(27-26(29)31)33-16-21-7-4-12-32-21/h3,5-6,8-9,13-15,21H,4,7,10-12,16H2,1-2H3. The van der Waals surface area contributed by atoms with Gasteiger partial charge in [0.2, 0.25) is 5.88 Å². The summed E-state index contributed by atoms with van der Waals surface area (Å²) in [5, 5.41) is 0. The Bertz CT molecular complexity index is 1260. The largest absolute Gasteiger partial charge is 0.475 e. The van der Waals surface area contributed by atoms with Gasteiger partial charge in [-0.2, -0.15) is 4.98 Å². The van der Waals surface area contributed by atoms with Gasteiger partial charge in [-0.3, -0.25) is 9.36 Å². The molecule has 5 rings (SSSR count). The molecule has 0 aliphatic carbocycles. The van der Waals surface area contributed by atoms with Crippen LogP contribution in [0.3, 0.4) is 0 Å². The molecule has 1 amide bonds. The van der Waals surface area contributed by atoms with Gasteiger partial charge in [0.25, 0.3) is 5.91 Å². The highest BCUT2D eigenvalue weighted by atomic mass is 16.5. The van der Waals surface area contributed by atoms with E-state index in [1.54, 1.807) is 23.6 Å². The van der Waals surface area contributed by atoms with Crippen LogP contribution in [0.5, 0.6) is 5.88 Å². The molecule has 1 unspecified atom stereocenters. The van der Waals surface area contributed by atoms with Gasteiger partial charge in [-0.05, 0) is 48.1 Å². The summed E-state index contributed by atoms with van der Waals surface area (Å²) in [6.45, 7) is 1.74. The van der Waals surface area contributed by atoms with Gasteiger partial charge in [0, 0.05) is 44.4 Å². The minimum atomic E-state index is -0.292. The highest BCUT2D eigenvalue weighted by Crippen LogP contribution is 2.33. The van der Waals surface area contributed by atoms with Crippen LogP contribution in [0.4, 0.5) is 0 Å². The third kappa shape index (κ3) is 4.28. The maximum Gasteiger partial charge on any atom is 0.351 e. The van der Waals surface area contributed by atoms with Gasteiger partial charge in [-0.1, -0.05) is 30.3 Å². The number of hydrogen-bond donors (Lipinski definition) is 0. The smallest absolute Gasteiger partial charge is 0.351 e. The van der Waals surface area contributed by atoms with E-state index >= 15 is 0 Å². The average molecular weight is 446 g/mol. The number of fused-ring (bicyclic) bond motifs is 3. The van der Waals surface area contributed by atoms with Crippen molar-refractivity contribution < 1.29 is 14.3 Å². The lowest BCUT2D eigenvalue weighted by Gasteiger charge is -2.23. The predicted octanol–water partition coefficient (Wildman–Crippen LogP) is 3.39. The molecule has 2 aliphatic heterocycles. The van der Waals surface area contributed by atoms with Crippen molar-refractivity contribution in [3.8, 4) is 28.3 Å². The molecular weight excluding hydrogens is 418 g/mol. The lowest BCUT2D eigenvalue weighted by molar-refractivity contribution is 0.0661. The number of benzene rings is 2. The molecule has 1 atom stereocenters. The fourth-order valence-corrected chi connectivity index (χ4v) is 4.50. The van der Waals surface area contributed by atoms with E-state index in [-0.39, 0.29) is 17.7 Å². The minimum Gasteiger partial charge on any atom is -0.475 e. The Hall–Kier alpha value is -3.45. The van der Waals surface area contributed by atoms with Crippen LogP contribution < -0.4 is 10.4 Å². The molecule has 1 saturated heterocycles. The maximum atomic E-state index is 12.6. The van der Waals surface area contributed by atoms with Crippen molar-refractivity contribution in [1.82, 2.24) is 14.5 Å². The van der Waals surface area contributed by atoms with E-state index < -0.39 is 0 Å². The lowest BCUT2D eigenvalue weighted by Crippen LogP contribution is -2.29. The Labute approximate surface area is 192 Å². The van der Waals surface area contributed by atoms with Crippen LogP contribution in [0.2, 0.25) is 0 Å². The summed E-state index contributed by atoms with van der Waals surface area (Å²) in [4.78, 5) is 30.7. The summed E-state index contributed by atoms with van der Waals surface area (Å²) in [6.07, 6.45) is 2.81. The summed E-state index contributed by atoms with van der Waals surface area (Å²) in [6, 6.07) is 15.7. The van der Waals surface area contributed by atoms with E-state index in [0.717, 1.165) is 53.8 Å². The molecule has 33 heavy (non-hydrogen) atoms. The molecule has 3 aromatic rings. The molecule has 0 radical (unpaired) electrons. The first-order valence-electron chi connectivity index (χ1n) is 11.3. The van der Waals surface area contributed by atoms with E-state index in [0.29, 0.717) is 24.6 Å². The molecule has 0 saturated carbocycles. The number of aromatic nitrogens is 2. The second-order valence-corrected chi connectivity index (χ2v) is 8.76. The summed E-state index contributed by atoms with van der Waals surface area (Å²) < 4.78 is 13.1. The van der Waals surface area contributed by atoms with Crippen molar-refractivity contribution in [1.29, 1.82) is 0 Å². The van der Waals surface area contributed by atoms with Crippen molar-refractivity contribution in [3.63, 3.8) is 0 Å². The first-order valence-corrected chi connectivity index (χ1v) is 11.3. The number of rotatable bonds is 5. The first-order chi connectivity index (χ1) is 16.0. The highest BCUT2D eigenvalue weighted by Gasteiger charge is 2.21. The highest BCUT2D eigenvalue weighted by molar-refractivity contribution is 5.95. The molecule has 170 valence electrons. The zero-order valence-electron chi connectivity index (χ0n) is 18.9. The zero-order valence-corrected chi connectivity index (χ0v) is 18.9. The van der Waals surface area contributed by atoms with Crippen molar-refractivity contribution in [3.05, 3.63) is 70.1 Å². The van der Waals surface area contributed by atoms with Crippen molar-refractivity contribution in [2.24, 2.45) is 0 Å². The van der Waals surface area contributed by atoms with Gasteiger partial charge in [-0.15, -0.1) is 0 Å². The third-order valence-electron chi connectivity index (χ3n) is 6.26. The maximum absolute atomic E-state index is 12.6. The summed E-state index contributed by atoms with van der Waals surface area (Å²) in [5.74, 6) is 0.319. The van der Waals surface area contributed by atoms with E-state index in [4.69, 9.17) is 9.47 Å². The Balaban J connectivity index is 1.45. The fraction of sp³-hybridized carbons (Fsp3) is 0.346. The van der Waals surface area contributed by atoms with Gasteiger partial charge in [-0.25, -0.2) is 4.79 Å². The van der Waals surface area contributed by atoms with Gasteiger partial charge in [0.15, 0.2) is 0 Å². The van der Waals surface area contributed by atoms with Gasteiger partial charge < -0.3 is 14.4 Å². The minimum absolute atomic E-state index is 0.0221. The molecule has 2 aromatic carbocycles. The molecule has 0 spiro atoms. The molecule has 0 N–H and O–H groups in total. The van der Waals surface area contributed by atoms with Crippen LogP contribution in [0.1, 0.15) is 28.8 Å². The first kappa shape index (κ1) is 21.4. The molecular formula is C26H27N3O4. The van der Waals surface area contributed by atoms with Crippen molar-refractivity contribution in [2.45, 2.75) is 31.9 Å². The van der Waals surface area contributed by atoms with E-state index in [2.05, 4.69) is 11.1 Å². The number of amides is 1.